The molecule has 1 N–H and O–H groups in total. The number of nitro benzene ring substituents is 1. The van der Waals surface area contributed by atoms with Crippen LogP contribution in [0.1, 0.15) is 26.7 Å². The Labute approximate surface area is 132 Å². The van der Waals surface area contributed by atoms with Crippen molar-refractivity contribution in [3.8, 4) is 11.8 Å². The Bertz CT molecular complexity index is 545. The van der Waals surface area contributed by atoms with E-state index in [9.17, 15) is 10.1 Å². The lowest BCUT2D eigenvalue weighted by atomic mass is 9.98. The molecule has 6 nitrogen and oxygen atoms in total. The van der Waals surface area contributed by atoms with Gasteiger partial charge in [-0.05, 0) is 48.3 Å². The molecule has 1 aromatic rings. The third-order valence-corrected chi connectivity index (χ3v) is 3.67. The van der Waals surface area contributed by atoms with Gasteiger partial charge >= 0.3 is 0 Å². The van der Waals surface area contributed by atoms with Crippen molar-refractivity contribution in [2.75, 3.05) is 13.2 Å². The lowest BCUT2D eigenvalue weighted by Crippen LogP contribution is -2.40. The minimum absolute atomic E-state index is 0.0114. The van der Waals surface area contributed by atoms with Gasteiger partial charge in [0.15, 0.2) is 0 Å². The fourth-order valence-electron chi connectivity index (χ4n) is 1.90. The molecule has 1 unspecified atom stereocenters. The largest absolute Gasteiger partial charge is 0.492 e. The molecule has 0 heterocycles. The summed E-state index contributed by atoms with van der Waals surface area (Å²) >= 11 is 3.30. The van der Waals surface area contributed by atoms with Gasteiger partial charge in [-0.25, -0.2) is 0 Å². The van der Waals surface area contributed by atoms with Crippen LogP contribution in [-0.2, 0) is 0 Å². The van der Waals surface area contributed by atoms with E-state index in [1.165, 1.54) is 12.1 Å². The summed E-state index contributed by atoms with van der Waals surface area (Å²) in [6.45, 7) is 4.91. The zero-order valence-corrected chi connectivity index (χ0v) is 13.6. The maximum Gasteiger partial charge on any atom is 0.273 e. The highest BCUT2D eigenvalue weighted by Crippen LogP contribution is 2.29. The van der Waals surface area contributed by atoms with Crippen LogP contribution in [0.5, 0.6) is 5.75 Å². The van der Waals surface area contributed by atoms with Crippen LogP contribution in [-0.4, -0.2) is 23.6 Å². The molecular weight excluding hydrogens is 338 g/mol. The zero-order chi connectivity index (χ0) is 15.9. The van der Waals surface area contributed by atoms with Crippen LogP contribution < -0.4 is 10.1 Å². The third-order valence-electron chi connectivity index (χ3n) is 3.02. The molecule has 1 atom stereocenters. The summed E-state index contributed by atoms with van der Waals surface area (Å²) in [7, 11) is 0. The molecule has 1 rings (SSSR count). The van der Waals surface area contributed by atoms with Crippen LogP contribution in [0.2, 0.25) is 0 Å². The molecule has 0 bridgehead atoms. The summed E-state index contributed by atoms with van der Waals surface area (Å²) in [5.41, 5.74) is -0.583. The summed E-state index contributed by atoms with van der Waals surface area (Å²) in [5, 5.41) is 23.0. The first kappa shape index (κ1) is 17.4. The van der Waals surface area contributed by atoms with E-state index in [4.69, 9.17) is 10.00 Å². The molecule has 0 aromatic heterocycles. The fraction of sp³-hybridized carbons (Fsp3) is 0.500. The molecule has 0 aliphatic heterocycles. The first-order chi connectivity index (χ1) is 9.91. The van der Waals surface area contributed by atoms with E-state index >= 15 is 0 Å². The summed E-state index contributed by atoms with van der Waals surface area (Å²) in [5.74, 6) is 0.436. The topological polar surface area (TPSA) is 88.2 Å². The predicted octanol–water partition coefficient (Wildman–Crippen LogP) is 3.41. The Hall–Kier alpha value is -1.65. The van der Waals surface area contributed by atoms with Gasteiger partial charge in [0.1, 0.15) is 11.3 Å². The van der Waals surface area contributed by atoms with Crippen molar-refractivity contribution in [3.63, 3.8) is 0 Å². The van der Waals surface area contributed by atoms with E-state index in [0.717, 1.165) is 6.54 Å². The van der Waals surface area contributed by atoms with Gasteiger partial charge in [0, 0.05) is 6.07 Å². The highest BCUT2D eigenvalue weighted by atomic mass is 79.9. The second-order valence-corrected chi connectivity index (χ2v) is 5.65. The molecule has 0 aliphatic carbocycles. The third kappa shape index (κ3) is 5.33. The molecule has 0 aliphatic rings. The Kier molecular flexibility index (Phi) is 6.59. The van der Waals surface area contributed by atoms with Crippen LogP contribution >= 0.6 is 15.9 Å². The van der Waals surface area contributed by atoms with Gasteiger partial charge in [-0.1, -0.05) is 6.92 Å². The van der Waals surface area contributed by atoms with Gasteiger partial charge < -0.3 is 4.74 Å². The first-order valence-corrected chi connectivity index (χ1v) is 7.44. The quantitative estimate of drug-likeness (QED) is 0.438. The molecule has 0 fully saturated rings. The van der Waals surface area contributed by atoms with Gasteiger partial charge in [-0.15, -0.1) is 0 Å². The number of hydrogen-bond acceptors (Lipinski definition) is 5. The normalized spacial score (nSPS) is 13.2. The second-order valence-electron chi connectivity index (χ2n) is 4.80. The van der Waals surface area contributed by atoms with Crippen LogP contribution in [0.25, 0.3) is 0 Å². The van der Waals surface area contributed by atoms with Crippen molar-refractivity contribution in [2.45, 2.75) is 32.2 Å². The maximum atomic E-state index is 10.7. The van der Waals surface area contributed by atoms with E-state index < -0.39 is 10.5 Å². The number of hydrogen-bond donors (Lipinski definition) is 1. The molecule has 0 saturated carbocycles. The van der Waals surface area contributed by atoms with E-state index in [1.807, 2.05) is 13.8 Å². The number of nitro groups is 1. The number of halogens is 1. The molecule has 0 saturated heterocycles. The Morgan fingerprint density at radius 1 is 1.57 bits per heavy atom. The minimum Gasteiger partial charge on any atom is -0.492 e. The van der Waals surface area contributed by atoms with Crippen molar-refractivity contribution in [2.24, 2.45) is 0 Å². The monoisotopic (exact) mass is 355 g/mol. The Morgan fingerprint density at radius 3 is 2.86 bits per heavy atom. The van der Waals surface area contributed by atoms with Gasteiger partial charge in [-0.2, -0.15) is 5.26 Å². The van der Waals surface area contributed by atoms with Gasteiger partial charge in [0.05, 0.1) is 28.1 Å². The minimum atomic E-state index is -0.571. The van der Waals surface area contributed by atoms with E-state index in [1.54, 1.807) is 6.07 Å². The lowest BCUT2D eigenvalue weighted by molar-refractivity contribution is -0.385. The summed E-state index contributed by atoms with van der Waals surface area (Å²) in [6.07, 6.45) is 1.32. The molecular formula is C14H18BrN3O3. The van der Waals surface area contributed by atoms with Crippen molar-refractivity contribution in [1.29, 1.82) is 5.26 Å². The molecule has 0 radical (unpaired) electrons. The summed E-state index contributed by atoms with van der Waals surface area (Å²) in [4.78, 5) is 10.3. The Balaban J connectivity index is 2.55. The van der Waals surface area contributed by atoms with E-state index in [0.29, 0.717) is 29.7 Å². The van der Waals surface area contributed by atoms with Crippen LogP contribution in [0.15, 0.2) is 22.7 Å². The molecule has 21 heavy (non-hydrogen) atoms. The van der Waals surface area contributed by atoms with Gasteiger partial charge in [-0.3, -0.25) is 15.4 Å². The average Bonchev–Trinajstić information content (AvgIpc) is 2.45. The highest BCUT2D eigenvalue weighted by molar-refractivity contribution is 9.10. The number of rotatable bonds is 8. The number of non-ortho nitro benzene ring substituents is 1. The highest BCUT2D eigenvalue weighted by Gasteiger charge is 2.21. The number of nitriles is 1. The lowest BCUT2D eigenvalue weighted by Gasteiger charge is -2.22. The molecule has 1 aromatic carbocycles. The fourth-order valence-corrected chi connectivity index (χ4v) is 2.26. The van der Waals surface area contributed by atoms with Crippen LogP contribution in [0, 0.1) is 21.4 Å². The van der Waals surface area contributed by atoms with Gasteiger partial charge in [0.2, 0.25) is 0 Å². The number of nitrogens with one attached hydrogen (secondary N) is 1. The standard InChI is InChI=1S/C14H18BrN3O3/c1-3-17-14(2,10-16)7-4-8-21-13-9-11(18(19)20)5-6-12(13)15/h5-6,9,17H,3-4,7-8H2,1-2H3. The number of nitrogens with zero attached hydrogens (tertiary/aromatic N) is 2. The second kappa shape index (κ2) is 7.96. The van der Waals surface area contributed by atoms with Crippen molar-refractivity contribution >= 4 is 21.6 Å². The van der Waals surface area contributed by atoms with Gasteiger partial charge in [0.25, 0.3) is 5.69 Å². The maximum absolute atomic E-state index is 10.7. The number of benzene rings is 1. The molecule has 7 heteroatoms. The van der Waals surface area contributed by atoms with E-state index in [2.05, 4.69) is 27.3 Å². The number of ether oxygens (including phenoxy) is 1. The molecule has 0 amide bonds. The molecule has 0 spiro atoms. The zero-order valence-electron chi connectivity index (χ0n) is 12.1. The van der Waals surface area contributed by atoms with Crippen molar-refractivity contribution in [3.05, 3.63) is 32.8 Å². The van der Waals surface area contributed by atoms with Crippen molar-refractivity contribution < 1.29 is 9.66 Å². The van der Waals surface area contributed by atoms with E-state index in [-0.39, 0.29) is 5.69 Å². The van der Waals surface area contributed by atoms with Crippen LogP contribution in [0.4, 0.5) is 5.69 Å². The molecule has 114 valence electrons. The summed E-state index contributed by atoms with van der Waals surface area (Å²) < 4.78 is 6.23. The van der Waals surface area contributed by atoms with Crippen LogP contribution in [0.3, 0.4) is 0 Å². The summed E-state index contributed by atoms with van der Waals surface area (Å²) in [6, 6.07) is 6.64. The first-order valence-electron chi connectivity index (χ1n) is 6.65. The predicted molar refractivity (Wildman–Crippen MR) is 83.2 cm³/mol. The SMILES string of the molecule is CCNC(C)(C#N)CCCOc1cc([N+](=O)[O-])ccc1Br. The van der Waals surface area contributed by atoms with Crippen molar-refractivity contribution in [1.82, 2.24) is 5.32 Å². The Morgan fingerprint density at radius 2 is 2.29 bits per heavy atom. The smallest absolute Gasteiger partial charge is 0.273 e. The average molecular weight is 356 g/mol.